The number of halogens is 3. The highest BCUT2D eigenvalue weighted by Gasteiger charge is 2.01. The monoisotopic (exact) mass is 209 g/mol. The molecule has 0 aromatic carbocycles. The van der Waals surface area contributed by atoms with Crippen LogP contribution in [0.2, 0.25) is 5.02 Å². The van der Waals surface area contributed by atoms with Crippen molar-refractivity contribution in [2.75, 3.05) is 0 Å². The summed E-state index contributed by atoms with van der Waals surface area (Å²) in [6.07, 6.45) is 2.60. The van der Waals surface area contributed by atoms with Gasteiger partial charge in [-0.2, -0.15) is 0 Å². The van der Waals surface area contributed by atoms with Crippen LogP contribution in [0.4, 0.5) is 4.39 Å². The van der Waals surface area contributed by atoms with E-state index >= 15 is 0 Å². The third-order valence-corrected chi connectivity index (χ3v) is 1.61. The normalized spacial score (nSPS) is 9.67. The quantitative estimate of drug-likeness (QED) is 0.641. The van der Waals surface area contributed by atoms with Gasteiger partial charge in [-0.15, -0.1) is 0 Å². The van der Waals surface area contributed by atoms with Crippen molar-refractivity contribution in [1.29, 1.82) is 0 Å². The lowest BCUT2D eigenvalue weighted by Crippen LogP contribution is -1.79. The predicted molar refractivity (Wildman–Crippen MR) is 36.9 cm³/mol. The molecule has 4 heteroatoms. The van der Waals surface area contributed by atoms with Gasteiger partial charge in [-0.25, -0.2) is 4.39 Å². The van der Waals surface area contributed by atoms with Gasteiger partial charge in [0.2, 0.25) is 0 Å². The third kappa shape index (κ3) is 1.40. The van der Waals surface area contributed by atoms with Crippen LogP contribution < -0.4 is 0 Å². The minimum Gasteiger partial charge on any atom is -0.262 e. The Balaban J connectivity index is 3.25. The molecule has 1 nitrogen and oxygen atoms in total. The van der Waals surface area contributed by atoms with Crippen molar-refractivity contribution >= 4 is 27.5 Å². The molecule has 9 heavy (non-hydrogen) atoms. The average molecular weight is 210 g/mol. The predicted octanol–water partition coefficient (Wildman–Crippen LogP) is 2.64. The molecule has 0 unspecified atom stereocenters. The molecular weight excluding hydrogens is 208 g/mol. The van der Waals surface area contributed by atoms with Crippen molar-refractivity contribution in [3.63, 3.8) is 0 Å². The minimum atomic E-state index is -0.466. The first-order chi connectivity index (χ1) is 4.22. The van der Waals surface area contributed by atoms with Crippen LogP contribution in [0, 0.1) is 5.82 Å². The van der Waals surface area contributed by atoms with Crippen molar-refractivity contribution in [2.45, 2.75) is 0 Å². The Hall–Kier alpha value is -0.150. The van der Waals surface area contributed by atoms with Crippen molar-refractivity contribution in [3.8, 4) is 0 Å². The standard InChI is InChI=1S/C5H2BrClFN/c6-3-1-9-2-4(7)5(3)8/h1-2H. The Morgan fingerprint density at radius 1 is 1.56 bits per heavy atom. The number of aromatic nitrogens is 1. The summed E-state index contributed by atoms with van der Waals surface area (Å²) in [5.74, 6) is -0.466. The molecule has 1 aromatic heterocycles. The fourth-order valence-corrected chi connectivity index (χ4v) is 1.000. The average Bonchev–Trinajstić information content (AvgIpc) is 1.83. The van der Waals surface area contributed by atoms with Crippen LogP contribution in [-0.2, 0) is 0 Å². The number of nitrogens with zero attached hydrogens (tertiary/aromatic N) is 1. The maximum absolute atomic E-state index is 12.5. The molecule has 0 saturated heterocycles. The highest BCUT2D eigenvalue weighted by Crippen LogP contribution is 2.20. The van der Waals surface area contributed by atoms with Crippen LogP contribution in [0.15, 0.2) is 16.9 Å². The molecule has 1 aromatic rings. The topological polar surface area (TPSA) is 12.9 Å². The largest absolute Gasteiger partial charge is 0.262 e. The Kier molecular flexibility index (Phi) is 2.03. The molecule has 48 valence electrons. The molecule has 0 radical (unpaired) electrons. The molecule has 0 aliphatic heterocycles. The summed E-state index contributed by atoms with van der Waals surface area (Å²) < 4.78 is 12.8. The van der Waals surface area contributed by atoms with Crippen molar-refractivity contribution in [3.05, 3.63) is 27.7 Å². The molecule has 0 N–H and O–H groups in total. The Morgan fingerprint density at radius 2 is 2.22 bits per heavy atom. The highest BCUT2D eigenvalue weighted by atomic mass is 79.9. The van der Waals surface area contributed by atoms with Crippen molar-refractivity contribution in [2.24, 2.45) is 0 Å². The summed E-state index contributed by atoms with van der Waals surface area (Å²) in [7, 11) is 0. The van der Waals surface area contributed by atoms with Gasteiger partial charge >= 0.3 is 0 Å². The van der Waals surface area contributed by atoms with E-state index in [-0.39, 0.29) is 9.50 Å². The minimum absolute atomic E-state index is 0.0318. The van der Waals surface area contributed by atoms with Gasteiger partial charge in [-0.3, -0.25) is 4.98 Å². The first-order valence-electron chi connectivity index (χ1n) is 2.16. The van der Waals surface area contributed by atoms with Gasteiger partial charge in [0.05, 0.1) is 9.50 Å². The van der Waals surface area contributed by atoms with Crippen LogP contribution in [0.25, 0.3) is 0 Å². The number of rotatable bonds is 0. The number of hydrogen-bond acceptors (Lipinski definition) is 1. The van der Waals surface area contributed by atoms with Crippen LogP contribution >= 0.6 is 27.5 Å². The van der Waals surface area contributed by atoms with Gasteiger partial charge in [0.1, 0.15) is 0 Å². The van der Waals surface area contributed by atoms with Crippen molar-refractivity contribution in [1.82, 2.24) is 4.98 Å². The second kappa shape index (κ2) is 2.62. The molecule has 0 saturated carbocycles. The lowest BCUT2D eigenvalue weighted by atomic mass is 10.5. The van der Waals surface area contributed by atoms with Crippen molar-refractivity contribution < 1.29 is 4.39 Å². The fourth-order valence-electron chi connectivity index (χ4n) is 0.396. The molecule has 0 fully saturated rings. The smallest absolute Gasteiger partial charge is 0.159 e. The van der Waals surface area contributed by atoms with Gasteiger partial charge in [0.15, 0.2) is 5.82 Å². The van der Waals surface area contributed by atoms with E-state index in [1.165, 1.54) is 12.4 Å². The Bertz CT molecular complexity index is 208. The maximum atomic E-state index is 12.5. The summed E-state index contributed by atoms with van der Waals surface area (Å²) in [6, 6.07) is 0. The van der Waals surface area contributed by atoms with Gasteiger partial charge < -0.3 is 0 Å². The highest BCUT2D eigenvalue weighted by molar-refractivity contribution is 9.10. The van der Waals surface area contributed by atoms with Crippen LogP contribution in [0.5, 0.6) is 0 Å². The van der Waals surface area contributed by atoms with Gasteiger partial charge in [-0.05, 0) is 15.9 Å². The van der Waals surface area contributed by atoms with E-state index in [9.17, 15) is 4.39 Å². The molecule has 0 aliphatic rings. The Labute approximate surface area is 65.0 Å². The van der Waals surface area contributed by atoms with E-state index < -0.39 is 5.82 Å². The van der Waals surface area contributed by atoms with E-state index in [1.807, 2.05) is 0 Å². The first-order valence-corrected chi connectivity index (χ1v) is 3.33. The zero-order valence-corrected chi connectivity index (χ0v) is 6.58. The van der Waals surface area contributed by atoms with E-state index in [0.717, 1.165) is 0 Å². The summed E-state index contributed by atoms with van der Waals surface area (Å²) in [5, 5.41) is 0.0318. The van der Waals surface area contributed by atoms with Crippen LogP contribution in [-0.4, -0.2) is 4.98 Å². The zero-order chi connectivity index (χ0) is 6.85. The Morgan fingerprint density at radius 3 is 2.67 bits per heavy atom. The second-order valence-electron chi connectivity index (χ2n) is 1.42. The van der Waals surface area contributed by atoms with E-state index in [2.05, 4.69) is 20.9 Å². The molecule has 0 amide bonds. The SMILES string of the molecule is Fc1c(Cl)cncc1Br. The third-order valence-electron chi connectivity index (χ3n) is 0.795. The zero-order valence-electron chi connectivity index (χ0n) is 4.24. The van der Waals surface area contributed by atoms with E-state index in [4.69, 9.17) is 11.6 Å². The van der Waals surface area contributed by atoms with E-state index in [1.54, 1.807) is 0 Å². The lowest BCUT2D eigenvalue weighted by molar-refractivity contribution is 0.619. The van der Waals surface area contributed by atoms with Gasteiger partial charge in [0, 0.05) is 12.4 Å². The molecule has 1 rings (SSSR count). The fraction of sp³-hybridized carbons (Fsp3) is 0. The molecule has 0 aliphatic carbocycles. The van der Waals surface area contributed by atoms with E-state index in [0.29, 0.717) is 0 Å². The van der Waals surface area contributed by atoms with Crippen LogP contribution in [0.1, 0.15) is 0 Å². The molecule has 0 bridgehead atoms. The summed E-state index contributed by atoms with van der Waals surface area (Å²) in [4.78, 5) is 3.63. The van der Waals surface area contributed by atoms with Gasteiger partial charge in [0.25, 0.3) is 0 Å². The lowest BCUT2D eigenvalue weighted by Gasteiger charge is -1.92. The number of hydrogen-bond donors (Lipinski definition) is 0. The summed E-state index contributed by atoms with van der Waals surface area (Å²) in [6.45, 7) is 0. The summed E-state index contributed by atoms with van der Waals surface area (Å²) >= 11 is 8.27. The summed E-state index contributed by atoms with van der Waals surface area (Å²) in [5.41, 5.74) is 0. The molecular formula is C5H2BrClFN. The second-order valence-corrected chi connectivity index (χ2v) is 2.68. The maximum Gasteiger partial charge on any atom is 0.159 e. The van der Waals surface area contributed by atoms with Gasteiger partial charge in [-0.1, -0.05) is 11.6 Å². The van der Waals surface area contributed by atoms with Crippen LogP contribution in [0.3, 0.4) is 0 Å². The molecule has 0 spiro atoms. The molecule has 0 atom stereocenters. The first kappa shape index (κ1) is 6.96. The number of pyridine rings is 1. The molecule has 1 heterocycles.